The van der Waals surface area contributed by atoms with Gasteiger partial charge in [-0.25, -0.2) is 4.39 Å². The zero-order valence-electron chi connectivity index (χ0n) is 11.5. The van der Waals surface area contributed by atoms with Gasteiger partial charge in [-0.1, -0.05) is 35.9 Å². The molecule has 0 saturated heterocycles. The van der Waals surface area contributed by atoms with E-state index in [-0.39, 0.29) is 17.7 Å². The molecule has 106 valence electrons. The van der Waals surface area contributed by atoms with Gasteiger partial charge in [0.15, 0.2) is 0 Å². The minimum Gasteiger partial charge on any atom is -0.488 e. The molecule has 4 heteroatoms. The zero-order chi connectivity index (χ0) is 14.7. The summed E-state index contributed by atoms with van der Waals surface area (Å²) in [6.07, 6.45) is 0. The lowest BCUT2D eigenvalue weighted by atomic mass is 10.1. The van der Waals surface area contributed by atoms with Gasteiger partial charge in [0.25, 0.3) is 0 Å². The lowest BCUT2D eigenvalue weighted by Crippen LogP contribution is -2.08. The van der Waals surface area contributed by atoms with Crippen LogP contribution in [0.5, 0.6) is 5.75 Å². The van der Waals surface area contributed by atoms with Gasteiger partial charge in [-0.2, -0.15) is 0 Å². The van der Waals surface area contributed by atoms with Crippen LogP contribution >= 0.6 is 11.6 Å². The van der Waals surface area contributed by atoms with Crippen molar-refractivity contribution in [1.29, 1.82) is 0 Å². The lowest BCUT2D eigenvalue weighted by molar-refractivity contribution is 0.295. The Hall–Kier alpha value is -1.58. The van der Waals surface area contributed by atoms with Gasteiger partial charge in [0, 0.05) is 17.2 Å². The third-order valence-electron chi connectivity index (χ3n) is 3.07. The summed E-state index contributed by atoms with van der Waals surface area (Å²) in [4.78, 5) is 0. The van der Waals surface area contributed by atoms with Crippen LogP contribution in [0, 0.1) is 12.7 Å². The first-order valence-corrected chi connectivity index (χ1v) is 6.78. The standard InChI is InChI=1S/C16H17ClFNO/c1-10-6-7-13(11(2)19)15(8-10)20-9-12-4-3-5-14(17)16(12)18/h3-8,11H,9,19H2,1-2H3. The van der Waals surface area contributed by atoms with E-state index in [0.29, 0.717) is 11.3 Å². The Morgan fingerprint density at radius 3 is 2.75 bits per heavy atom. The highest BCUT2D eigenvalue weighted by molar-refractivity contribution is 6.30. The maximum Gasteiger partial charge on any atom is 0.148 e. The minimum atomic E-state index is -0.441. The molecule has 0 spiro atoms. The van der Waals surface area contributed by atoms with Crippen molar-refractivity contribution in [1.82, 2.24) is 0 Å². The van der Waals surface area contributed by atoms with Gasteiger partial charge in [0.2, 0.25) is 0 Å². The van der Waals surface area contributed by atoms with Crippen molar-refractivity contribution in [3.05, 3.63) is 63.9 Å². The largest absolute Gasteiger partial charge is 0.488 e. The quantitative estimate of drug-likeness (QED) is 0.907. The summed E-state index contributed by atoms with van der Waals surface area (Å²) >= 11 is 5.75. The number of aryl methyl sites for hydroxylation is 1. The summed E-state index contributed by atoms with van der Waals surface area (Å²) in [7, 11) is 0. The Morgan fingerprint density at radius 1 is 1.30 bits per heavy atom. The van der Waals surface area contributed by atoms with Crippen LogP contribution in [0.1, 0.15) is 29.7 Å². The van der Waals surface area contributed by atoms with Gasteiger partial charge in [-0.15, -0.1) is 0 Å². The molecule has 0 aliphatic rings. The van der Waals surface area contributed by atoms with Crippen LogP contribution in [-0.4, -0.2) is 0 Å². The molecule has 0 fully saturated rings. The Kier molecular flexibility index (Phi) is 4.63. The summed E-state index contributed by atoms with van der Waals surface area (Å²) in [6, 6.07) is 10.5. The first kappa shape index (κ1) is 14.8. The molecular formula is C16H17ClFNO. The second kappa shape index (κ2) is 6.25. The number of hydrogen-bond acceptors (Lipinski definition) is 2. The molecule has 2 nitrogen and oxygen atoms in total. The molecule has 0 saturated carbocycles. The van der Waals surface area contributed by atoms with E-state index in [1.165, 1.54) is 6.07 Å². The molecule has 0 radical (unpaired) electrons. The highest BCUT2D eigenvalue weighted by Crippen LogP contribution is 2.27. The molecule has 2 N–H and O–H groups in total. The van der Waals surface area contributed by atoms with Crippen LogP contribution < -0.4 is 10.5 Å². The summed E-state index contributed by atoms with van der Waals surface area (Å²) in [6.45, 7) is 3.98. The van der Waals surface area contributed by atoms with Crippen LogP contribution in [0.4, 0.5) is 4.39 Å². The number of halogens is 2. The molecule has 0 bridgehead atoms. The molecule has 2 rings (SSSR count). The van der Waals surface area contributed by atoms with Crippen molar-refractivity contribution >= 4 is 11.6 Å². The molecule has 0 aromatic heterocycles. The molecule has 1 unspecified atom stereocenters. The maximum atomic E-state index is 13.8. The van der Waals surface area contributed by atoms with Crippen LogP contribution in [-0.2, 0) is 6.61 Å². The summed E-state index contributed by atoms with van der Waals surface area (Å²) in [5, 5.41) is 0.0998. The molecule has 2 aromatic carbocycles. The fraction of sp³-hybridized carbons (Fsp3) is 0.250. The van der Waals surface area contributed by atoms with E-state index in [9.17, 15) is 4.39 Å². The van der Waals surface area contributed by atoms with Crippen LogP contribution in [0.25, 0.3) is 0 Å². The Balaban J connectivity index is 2.22. The van der Waals surface area contributed by atoms with E-state index in [4.69, 9.17) is 22.1 Å². The minimum absolute atomic E-state index is 0.0998. The monoisotopic (exact) mass is 293 g/mol. The Labute approximate surface area is 123 Å². The number of nitrogens with two attached hydrogens (primary N) is 1. The van der Waals surface area contributed by atoms with E-state index >= 15 is 0 Å². The van der Waals surface area contributed by atoms with Crippen LogP contribution in [0.2, 0.25) is 5.02 Å². The summed E-state index contributed by atoms with van der Waals surface area (Å²) < 4.78 is 19.5. The summed E-state index contributed by atoms with van der Waals surface area (Å²) in [5.41, 5.74) is 8.30. The normalized spacial score (nSPS) is 12.2. The van der Waals surface area contributed by atoms with Crippen LogP contribution in [0.3, 0.4) is 0 Å². The second-order valence-electron chi connectivity index (χ2n) is 4.83. The van der Waals surface area contributed by atoms with Crippen molar-refractivity contribution in [3.63, 3.8) is 0 Å². The molecule has 0 heterocycles. The first-order chi connectivity index (χ1) is 9.49. The number of benzene rings is 2. The van der Waals surface area contributed by atoms with E-state index in [2.05, 4.69) is 0 Å². The third-order valence-corrected chi connectivity index (χ3v) is 3.37. The average molecular weight is 294 g/mol. The Morgan fingerprint density at radius 2 is 2.05 bits per heavy atom. The maximum absolute atomic E-state index is 13.8. The smallest absolute Gasteiger partial charge is 0.148 e. The fourth-order valence-electron chi connectivity index (χ4n) is 1.96. The van der Waals surface area contributed by atoms with E-state index in [0.717, 1.165) is 11.1 Å². The first-order valence-electron chi connectivity index (χ1n) is 6.41. The average Bonchev–Trinajstić information content (AvgIpc) is 2.40. The van der Waals surface area contributed by atoms with Gasteiger partial charge >= 0.3 is 0 Å². The lowest BCUT2D eigenvalue weighted by Gasteiger charge is -2.15. The van der Waals surface area contributed by atoms with Crippen molar-refractivity contribution in [2.24, 2.45) is 5.73 Å². The molecule has 0 aliphatic heterocycles. The number of hydrogen-bond donors (Lipinski definition) is 1. The van der Waals surface area contributed by atoms with E-state index in [1.54, 1.807) is 12.1 Å². The number of rotatable bonds is 4. The van der Waals surface area contributed by atoms with Crippen LogP contribution in [0.15, 0.2) is 36.4 Å². The second-order valence-corrected chi connectivity index (χ2v) is 5.24. The SMILES string of the molecule is Cc1ccc(C(C)N)c(OCc2cccc(Cl)c2F)c1. The predicted octanol–water partition coefficient (Wildman–Crippen LogP) is 4.39. The van der Waals surface area contributed by atoms with Crippen molar-refractivity contribution in [3.8, 4) is 5.75 Å². The highest BCUT2D eigenvalue weighted by atomic mass is 35.5. The van der Waals surface area contributed by atoms with Crippen molar-refractivity contribution in [2.75, 3.05) is 0 Å². The van der Waals surface area contributed by atoms with Crippen molar-refractivity contribution in [2.45, 2.75) is 26.5 Å². The van der Waals surface area contributed by atoms with Gasteiger partial charge < -0.3 is 10.5 Å². The van der Waals surface area contributed by atoms with E-state index < -0.39 is 5.82 Å². The highest BCUT2D eigenvalue weighted by Gasteiger charge is 2.11. The van der Waals surface area contributed by atoms with Gasteiger partial charge in [0.05, 0.1) is 5.02 Å². The van der Waals surface area contributed by atoms with Crippen molar-refractivity contribution < 1.29 is 9.13 Å². The molecular weight excluding hydrogens is 277 g/mol. The molecule has 0 aliphatic carbocycles. The number of ether oxygens (including phenoxy) is 1. The fourth-order valence-corrected chi connectivity index (χ4v) is 2.15. The van der Waals surface area contributed by atoms with E-state index in [1.807, 2.05) is 32.0 Å². The molecule has 20 heavy (non-hydrogen) atoms. The zero-order valence-corrected chi connectivity index (χ0v) is 12.2. The topological polar surface area (TPSA) is 35.2 Å². The Bertz CT molecular complexity index is 613. The van der Waals surface area contributed by atoms with Gasteiger partial charge in [0.1, 0.15) is 18.2 Å². The van der Waals surface area contributed by atoms with Gasteiger partial charge in [-0.3, -0.25) is 0 Å². The predicted molar refractivity (Wildman–Crippen MR) is 79.5 cm³/mol. The molecule has 1 atom stereocenters. The summed E-state index contributed by atoms with van der Waals surface area (Å²) in [5.74, 6) is 0.239. The molecule has 2 aromatic rings. The molecule has 0 amide bonds. The third kappa shape index (κ3) is 3.30. The van der Waals surface area contributed by atoms with Gasteiger partial charge in [-0.05, 0) is 31.5 Å².